The van der Waals surface area contributed by atoms with Crippen LogP contribution in [-0.4, -0.2) is 25.2 Å². The van der Waals surface area contributed by atoms with Gasteiger partial charge in [0.15, 0.2) is 0 Å². The summed E-state index contributed by atoms with van der Waals surface area (Å²) >= 11 is 0. The fourth-order valence-corrected chi connectivity index (χ4v) is 2.59. The standard InChI is InChI=1S/C13H17N3O/c1-8-2-4-9(5-3-8)15-13(17)16-12-10-6-14-7-11(10)12/h2-5,10-12,14H,6-7H2,1H3,(H2,15,16,17). The van der Waals surface area contributed by atoms with Crippen LogP contribution in [0.1, 0.15) is 5.56 Å². The number of benzene rings is 1. The normalized spacial score (nSPS) is 29.6. The van der Waals surface area contributed by atoms with Crippen LogP contribution < -0.4 is 16.0 Å². The van der Waals surface area contributed by atoms with Gasteiger partial charge in [0.05, 0.1) is 0 Å². The van der Waals surface area contributed by atoms with Gasteiger partial charge >= 0.3 is 6.03 Å². The van der Waals surface area contributed by atoms with Crippen molar-refractivity contribution in [2.24, 2.45) is 11.8 Å². The number of rotatable bonds is 2. The highest BCUT2D eigenvalue weighted by molar-refractivity contribution is 5.89. The van der Waals surface area contributed by atoms with E-state index in [1.54, 1.807) is 0 Å². The number of carbonyl (C=O) groups is 1. The molecule has 1 aliphatic carbocycles. The van der Waals surface area contributed by atoms with Crippen molar-refractivity contribution in [3.05, 3.63) is 29.8 Å². The Bertz CT molecular complexity index is 419. The number of hydrogen-bond acceptors (Lipinski definition) is 2. The first-order valence-electron chi connectivity index (χ1n) is 6.09. The van der Waals surface area contributed by atoms with Gasteiger partial charge in [0.25, 0.3) is 0 Å². The molecule has 3 rings (SSSR count). The minimum atomic E-state index is -0.0896. The average molecular weight is 231 g/mol. The van der Waals surface area contributed by atoms with Crippen molar-refractivity contribution in [2.75, 3.05) is 18.4 Å². The number of piperidine rings is 1. The van der Waals surface area contributed by atoms with E-state index >= 15 is 0 Å². The second-order valence-corrected chi connectivity index (χ2v) is 4.98. The van der Waals surface area contributed by atoms with E-state index in [1.807, 2.05) is 31.2 Å². The van der Waals surface area contributed by atoms with Crippen LogP contribution in [0.3, 0.4) is 0 Å². The summed E-state index contributed by atoms with van der Waals surface area (Å²) in [6, 6.07) is 8.11. The lowest BCUT2D eigenvalue weighted by Crippen LogP contribution is -2.35. The smallest absolute Gasteiger partial charge is 0.319 e. The molecule has 0 bridgehead atoms. The van der Waals surface area contributed by atoms with Gasteiger partial charge in [-0.05, 0) is 30.9 Å². The first-order valence-corrected chi connectivity index (χ1v) is 6.09. The van der Waals surface area contributed by atoms with Gasteiger partial charge in [-0.15, -0.1) is 0 Å². The number of carbonyl (C=O) groups excluding carboxylic acids is 1. The quantitative estimate of drug-likeness (QED) is 0.719. The Balaban J connectivity index is 1.52. The van der Waals surface area contributed by atoms with Crippen molar-refractivity contribution in [1.29, 1.82) is 0 Å². The third-order valence-corrected chi connectivity index (χ3v) is 3.70. The van der Waals surface area contributed by atoms with Crippen LogP contribution in [0.4, 0.5) is 10.5 Å². The maximum Gasteiger partial charge on any atom is 0.319 e. The summed E-state index contributed by atoms with van der Waals surface area (Å²) in [7, 11) is 0. The second-order valence-electron chi connectivity index (χ2n) is 4.98. The number of nitrogens with one attached hydrogen (secondary N) is 3. The van der Waals surface area contributed by atoms with Crippen molar-refractivity contribution in [3.63, 3.8) is 0 Å². The lowest BCUT2D eigenvalue weighted by Gasteiger charge is -2.09. The van der Waals surface area contributed by atoms with Gasteiger partial charge in [0.1, 0.15) is 0 Å². The van der Waals surface area contributed by atoms with E-state index in [2.05, 4.69) is 16.0 Å². The molecule has 2 aliphatic rings. The van der Waals surface area contributed by atoms with Crippen LogP contribution in [-0.2, 0) is 0 Å². The van der Waals surface area contributed by atoms with Crippen molar-refractivity contribution >= 4 is 11.7 Å². The lowest BCUT2D eigenvalue weighted by molar-refractivity contribution is 0.250. The summed E-state index contributed by atoms with van der Waals surface area (Å²) < 4.78 is 0. The molecule has 2 fully saturated rings. The van der Waals surface area contributed by atoms with Gasteiger partial charge in [-0.3, -0.25) is 0 Å². The van der Waals surface area contributed by atoms with Crippen molar-refractivity contribution in [3.8, 4) is 0 Å². The van der Waals surface area contributed by atoms with E-state index in [0.717, 1.165) is 18.8 Å². The van der Waals surface area contributed by atoms with E-state index in [1.165, 1.54) is 5.56 Å². The van der Waals surface area contributed by atoms with Crippen LogP contribution in [0.25, 0.3) is 0 Å². The molecular weight excluding hydrogens is 214 g/mol. The Kier molecular flexibility index (Phi) is 2.52. The van der Waals surface area contributed by atoms with Crippen molar-refractivity contribution < 1.29 is 4.79 Å². The highest BCUT2D eigenvalue weighted by Gasteiger charge is 2.53. The van der Waals surface area contributed by atoms with E-state index < -0.39 is 0 Å². The topological polar surface area (TPSA) is 53.2 Å². The molecular formula is C13H17N3O. The zero-order chi connectivity index (χ0) is 11.8. The van der Waals surface area contributed by atoms with Crippen LogP contribution in [0.5, 0.6) is 0 Å². The van der Waals surface area contributed by atoms with E-state index in [4.69, 9.17) is 0 Å². The average Bonchev–Trinajstić information content (AvgIpc) is 2.77. The molecule has 1 saturated heterocycles. The molecule has 2 amide bonds. The van der Waals surface area contributed by atoms with Gasteiger partial charge in [0, 0.05) is 24.8 Å². The molecule has 1 heterocycles. The first-order chi connectivity index (χ1) is 8.24. The fraction of sp³-hybridized carbons (Fsp3) is 0.462. The number of aryl methyl sites for hydroxylation is 1. The summed E-state index contributed by atoms with van der Waals surface area (Å²) in [5.41, 5.74) is 2.04. The molecule has 17 heavy (non-hydrogen) atoms. The molecule has 90 valence electrons. The molecule has 1 aromatic carbocycles. The predicted molar refractivity (Wildman–Crippen MR) is 67.0 cm³/mol. The van der Waals surface area contributed by atoms with Crippen LogP contribution >= 0.6 is 0 Å². The first kappa shape index (κ1) is 10.6. The monoisotopic (exact) mass is 231 g/mol. The summed E-state index contributed by atoms with van der Waals surface area (Å²) in [5, 5.41) is 9.20. The minimum Gasteiger partial charge on any atom is -0.334 e. The van der Waals surface area contributed by atoms with Gasteiger partial charge in [-0.2, -0.15) is 0 Å². The molecule has 0 spiro atoms. The number of amides is 2. The second kappa shape index (κ2) is 4.04. The van der Waals surface area contributed by atoms with E-state index in [9.17, 15) is 4.79 Å². The van der Waals surface area contributed by atoms with Crippen LogP contribution in [0.2, 0.25) is 0 Å². The summed E-state index contributed by atoms with van der Waals surface area (Å²) in [6.07, 6.45) is 0. The van der Waals surface area contributed by atoms with Gasteiger partial charge in [-0.25, -0.2) is 4.79 Å². The third kappa shape index (κ3) is 2.13. The molecule has 1 saturated carbocycles. The maximum atomic E-state index is 11.7. The Hall–Kier alpha value is -1.55. The van der Waals surface area contributed by atoms with Gasteiger partial charge < -0.3 is 16.0 Å². The number of fused-ring (bicyclic) bond motifs is 1. The highest BCUT2D eigenvalue weighted by atomic mass is 16.2. The molecule has 1 aromatic rings. The predicted octanol–water partition coefficient (Wildman–Crippen LogP) is 1.33. The fourth-order valence-electron chi connectivity index (χ4n) is 2.59. The molecule has 2 atom stereocenters. The van der Waals surface area contributed by atoms with Crippen molar-refractivity contribution in [1.82, 2.24) is 10.6 Å². The summed E-state index contributed by atoms with van der Waals surface area (Å²) in [4.78, 5) is 11.7. The molecule has 4 heteroatoms. The van der Waals surface area contributed by atoms with Gasteiger partial charge in [0.2, 0.25) is 0 Å². The zero-order valence-electron chi connectivity index (χ0n) is 9.86. The highest BCUT2D eigenvalue weighted by Crippen LogP contribution is 2.41. The van der Waals surface area contributed by atoms with E-state index in [-0.39, 0.29) is 6.03 Å². The Morgan fingerprint density at radius 1 is 1.24 bits per heavy atom. The number of anilines is 1. The SMILES string of the molecule is Cc1ccc(NC(=O)NC2C3CNCC32)cc1. The molecule has 2 unspecified atom stereocenters. The molecule has 4 nitrogen and oxygen atoms in total. The lowest BCUT2D eigenvalue weighted by atomic mass is 10.2. The summed E-state index contributed by atoms with van der Waals surface area (Å²) in [6.45, 7) is 4.11. The number of hydrogen-bond donors (Lipinski definition) is 3. The Morgan fingerprint density at radius 2 is 1.88 bits per heavy atom. The molecule has 0 radical (unpaired) electrons. The molecule has 3 N–H and O–H groups in total. The summed E-state index contributed by atoms with van der Waals surface area (Å²) in [5.74, 6) is 1.30. The Morgan fingerprint density at radius 3 is 2.53 bits per heavy atom. The number of urea groups is 1. The van der Waals surface area contributed by atoms with Gasteiger partial charge in [-0.1, -0.05) is 17.7 Å². The van der Waals surface area contributed by atoms with E-state index in [0.29, 0.717) is 17.9 Å². The van der Waals surface area contributed by atoms with Crippen molar-refractivity contribution in [2.45, 2.75) is 13.0 Å². The van der Waals surface area contributed by atoms with Crippen LogP contribution in [0.15, 0.2) is 24.3 Å². The largest absolute Gasteiger partial charge is 0.334 e. The Labute approximate surface area is 101 Å². The van der Waals surface area contributed by atoms with Crippen LogP contribution in [0, 0.1) is 18.8 Å². The molecule has 1 aliphatic heterocycles. The molecule has 0 aromatic heterocycles. The maximum absolute atomic E-state index is 11.7. The zero-order valence-corrected chi connectivity index (χ0v) is 9.86. The minimum absolute atomic E-state index is 0.0896. The third-order valence-electron chi connectivity index (χ3n) is 3.70.